The first-order valence-electron chi connectivity index (χ1n) is 8.70. The highest BCUT2D eigenvalue weighted by atomic mass is 16.7. The van der Waals surface area contributed by atoms with Crippen molar-refractivity contribution in [1.29, 1.82) is 0 Å². The fourth-order valence-corrected chi connectivity index (χ4v) is 3.08. The summed E-state index contributed by atoms with van der Waals surface area (Å²) in [5, 5.41) is 0. The zero-order chi connectivity index (χ0) is 20.5. The molecular weight excluding hydrogens is 378 g/mol. The van der Waals surface area contributed by atoms with Gasteiger partial charge in [0, 0.05) is 12.1 Å². The van der Waals surface area contributed by atoms with Gasteiger partial charge in [0.1, 0.15) is 0 Å². The van der Waals surface area contributed by atoms with Crippen molar-refractivity contribution in [2.45, 2.75) is 0 Å². The normalized spacial score (nSPS) is 14.0. The third-order valence-electron chi connectivity index (χ3n) is 4.55. The van der Waals surface area contributed by atoms with E-state index in [0.29, 0.717) is 17.1 Å². The summed E-state index contributed by atoms with van der Waals surface area (Å²) >= 11 is 0. The van der Waals surface area contributed by atoms with Crippen LogP contribution < -0.4 is 9.47 Å². The van der Waals surface area contributed by atoms with Crippen molar-refractivity contribution in [3.63, 3.8) is 0 Å². The number of carbonyl (C=O) groups excluding carboxylic acids is 4. The van der Waals surface area contributed by atoms with Gasteiger partial charge in [0.15, 0.2) is 23.9 Å². The van der Waals surface area contributed by atoms with Gasteiger partial charge in [0.05, 0.1) is 16.7 Å². The number of fused-ring (bicyclic) bond motifs is 2. The Balaban J connectivity index is 1.45. The van der Waals surface area contributed by atoms with E-state index in [-0.39, 0.29) is 30.0 Å². The molecule has 2 aliphatic rings. The van der Waals surface area contributed by atoms with E-state index in [1.54, 1.807) is 12.1 Å². The van der Waals surface area contributed by atoms with Crippen LogP contribution in [0.25, 0.3) is 0 Å². The average Bonchev–Trinajstić information content (AvgIpc) is 3.30. The summed E-state index contributed by atoms with van der Waals surface area (Å²) in [4.78, 5) is 50.2. The molecule has 8 heteroatoms. The molecule has 0 unspecified atom stereocenters. The molecule has 146 valence electrons. The summed E-state index contributed by atoms with van der Waals surface area (Å²) in [6.07, 6.45) is 1.44. The van der Waals surface area contributed by atoms with Crippen LogP contribution in [0, 0.1) is 0 Å². The molecule has 2 aromatic carbocycles. The number of ketones is 1. The van der Waals surface area contributed by atoms with Gasteiger partial charge in [0.2, 0.25) is 6.79 Å². The van der Waals surface area contributed by atoms with E-state index in [4.69, 9.17) is 14.2 Å². The van der Waals surface area contributed by atoms with Crippen molar-refractivity contribution in [3.05, 3.63) is 71.3 Å². The number of imide groups is 1. The minimum Gasteiger partial charge on any atom is -0.454 e. The number of hydrogen-bond donors (Lipinski definition) is 0. The van der Waals surface area contributed by atoms with Crippen LogP contribution in [0.3, 0.4) is 0 Å². The van der Waals surface area contributed by atoms with Crippen LogP contribution in [-0.2, 0) is 4.74 Å². The van der Waals surface area contributed by atoms with Crippen molar-refractivity contribution in [1.82, 2.24) is 4.90 Å². The van der Waals surface area contributed by atoms with Crippen LogP contribution in [0.2, 0.25) is 0 Å². The Labute approximate surface area is 165 Å². The molecule has 8 nitrogen and oxygen atoms in total. The Bertz CT molecular complexity index is 1070. The zero-order valence-corrected chi connectivity index (χ0v) is 15.2. The number of hydrogen-bond acceptors (Lipinski definition) is 7. The molecule has 2 heterocycles. The van der Waals surface area contributed by atoms with E-state index in [9.17, 15) is 19.2 Å². The Kier molecular flexibility index (Phi) is 4.59. The summed E-state index contributed by atoms with van der Waals surface area (Å²) in [6.45, 7) is 3.21. The van der Waals surface area contributed by atoms with Crippen LogP contribution >= 0.6 is 0 Å². The summed E-state index contributed by atoms with van der Waals surface area (Å²) in [5.74, 6) is -1.14. The number of benzene rings is 2. The minimum atomic E-state index is -0.774. The topological polar surface area (TPSA) is 99.2 Å². The fourth-order valence-electron chi connectivity index (χ4n) is 3.08. The maximum absolute atomic E-state index is 12.3. The zero-order valence-electron chi connectivity index (χ0n) is 15.2. The van der Waals surface area contributed by atoms with Crippen molar-refractivity contribution >= 4 is 23.6 Å². The molecule has 2 aliphatic heterocycles. The molecule has 0 bridgehead atoms. The van der Waals surface area contributed by atoms with Crippen LogP contribution in [0.15, 0.2) is 49.1 Å². The average molecular weight is 393 g/mol. The molecule has 4 rings (SSSR count). The second kappa shape index (κ2) is 7.23. The van der Waals surface area contributed by atoms with Gasteiger partial charge in [-0.15, -0.1) is 6.58 Å². The monoisotopic (exact) mass is 393 g/mol. The second-order valence-electron chi connectivity index (χ2n) is 6.34. The summed E-state index contributed by atoms with van der Waals surface area (Å²) in [5.41, 5.74) is 0.721. The van der Waals surface area contributed by atoms with Gasteiger partial charge in [0.25, 0.3) is 11.8 Å². The van der Waals surface area contributed by atoms with E-state index < -0.39 is 30.2 Å². The van der Waals surface area contributed by atoms with Crippen molar-refractivity contribution in [2.24, 2.45) is 0 Å². The number of ether oxygens (including phenoxy) is 3. The third kappa shape index (κ3) is 3.25. The molecule has 0 fully saturated rings. The number of carbonyl (C=O) groups is 4. The highest BCUT2D eigenvalue weighted by molar-refractivity contribution is 6.22. The molecule has 2 aromatic rings. The highest BCUT2D eigenvalue weighted by Crippen LogP contribution is 2.32. The maximum atomic E-state index is 12.3. The molecule has 29 heavy (non-hydrogen) atoms. The van der Waals surface area contributed by atoms with E-state index in [1.807, 2.05) is 0 Å². The third-order valence-corrected chi connectivity index (χ3v) is 4.55. The first-order valence-corrected chi connectivity index (χ1v) is 8.70. The lowest BCUT2D eigenvalue weighted by molar-refractivity contribution is 0.0474. The predicted octanol–water partition coefficient (Wildman–Crippen LogP) is 2.24. The first kappa shape index (κ1) is 18.4. The van der Waals surface area contributed by atoms with Crippen molar-refractivity contribution < 1.29 is 33.4 Å². The minimum absolute atomic E-state index is 0.0730. The van der Waals surface area contributed by atoms with Gasteiger partial charge in [-0.2, -0.15) is 0 Å². The SMILES string of the molecule is C=CCN1C(=O)c2ccc(C(=O)OCC(=O)c3ccc4c(c3)OCO4)cc2C1=O. The van der Waals surface area contributed by atoms with E-state index in [2.05, 4.69) is 6.58 Å². The van der Waals surface area contributed by atoms with Crippen LogP contribution in [0.1, 0.15) is 41.4 Å². The van der Waals surface area contributed by atoms with Crippen LogP contribution in [0.4, 0.5) is 0 Å². The number of nitrogens with zero attached hydrogens (tertiary/aromatic N) is 1. The molecule has 0 radical (unpaired) electrons. The van der Waals surface area contributed by atoms with E-state index >= 15 is 0 Å². The van der Waals surface area contributed by atoms with Crippen molar-refractivity contribution in [2.75, 3.05) is 19.9 Å². The molecule has 0 aromatic heterocycles. The quantitative estimate of drug-likeness (QED) is 0.321. The van der Waals surface area contributed by atoms with E-state index in [0.717, 1.165) is 4.90 Å². The van der Waals surface area contributed by atoms with Crippen molar-refractivity contribution in [3.8, 4) is 11.5 Å². The van der Waals surface area contributed by atoms with E-state index in [1.165, 1.54) is 30.3 Å². The lowest BCUT2D eigenvalue weighted by Crippen LogP contribution is -2.29. The largest absolute Gasteiger partial charge is 0.454 e. The summed E-state index contributed by atoms with van der Waals surface area (Å²) < 4.78 is 15.5. The molecule has 0 saturated carbocycles. The van der Waals surface area contributed by atoms with Gasteiger partial charge >= 0.3 is 5.97 Å². The maximum Gasteiger partial charge on any atom is 0.338 e. The van der Waals surface area contributed by atoms with Gasteiger partial charge in [-0.1, -0.05) is 6.08 Å². The van der Waals surface area contributed by atoms with Crippen LogP contribution in [0.5, 0.6) is 11.5 Å². The molecule has 2 amide bonds. The molecule has 0 saturated heterocycles. The first-order chi connectivity index (χ1) is 14.0. The predicted molar refractivity (Wildman–Crippen MR) is 99.2 cm³/mol. The van der Waals surface area contributed by atoms with Gasteiger partial charge in [-0.25, -0.2) is 4.79 Å². The summed E-state index contributed by atoms with van der Waals surface area (Å²) in [7, 11) is 0. The second-order valence-corrected chi connectivity index (χ2v) is 6.34. The van der Waals surface area contributed by atoms with Crippen LogP contribution in [-0.4, -0.2) is 48.4 Å². The number of Topliss-reactive ketones (excluding diaryl/α,β-unsaturated/α-hetero) is 1. The Morgan fingerprint density at radius 3 is 2.52 bits per heavy atom. The van der Waals surface area contributed by atoms with Gasteiger partial charge in [-0.3, -0.25) is 19.3 Å². The summed E-state index contributed by atoms with van der Waals surface area (Å²) in [6, 6.07) is 8.76. The molecule has 0 N–H and O–H groups in total. The molecular formula is C21H15NO7. The molecule has 0 atom stereocenters. The lowest BCUT2D eigenvalue weighted by atomic mass is 10.1. The standard InChI is InChI=1S/C21H15NO7/c1-2-7-22-19(24)14-5-3-13(8-15(14)20(22)25)21(26)27-10-16(23)12-4-6-17-18(9-12)29-11-28-17/h2-6,8-9H,1,7,10-11H2. The number of esters is 1. The molecule has 0 spiro atoms. The number of amides is 2. The smallest absolute Gasteiger partial charge is 0.338 e. The molecule has 0 aliphatic carbocycles. The lowest BCUT2D eigenvalue weighted by Gasteiger charge is -2.09. The van der Waals surface area contributed by atoms with Gasteiger partial charge < -0.3 is 14.2 Å². The Hall–Kier alpha value is -3.94. The fraction of sp³-hybridized carbons (Fsp3) is 0.143. The Morgan fingerprint density at radius 2 is 1.72 bits per heavy atom. The van der Waals surface area contributed by atoms with Gasteiger partial charge in [-0.05, 0) is 36.4 Å². The highest BCUT2D eigenvalue weighted by Gasteiger charge is 2.35. The Morgan fingerprint density at radius 1 is 1.00 bits per heavy atom. The number of rotatable bonds is 6.